The molecule has 1 aromatic rings. The van der Waals surface area contributed by atoms with Gasteiger partial charge in [-0.2, -0.15) is 0 Å². The number of fused-ring (bicyclic) bond motifs is 1. The first kappa shape index (κ1) is 16.1. The van der Waals surface area contributed by atoms with Crippen molar-refractivity contribution < 1.29 is 9.53 Å². The van der Waals surface area contributed by atoms with Crippen molar-refractivity contribution in [3.8, 4) is 0 Å². The summed E-state index contributed by atoms with van der Waals surface area (Å²) < 4.78 is 5.82. The van der Waals surface area contributed by atoms with Gasteiger partial charge in [-0.15, -0.1) is 11.8 Å². The highest BCUT2D eigenvalue weighted by Gasteiger charge is 2.40. The molecular formula is C16H21ClN2O2S. The van der Waals surface area contributed by atoms with E-state index in [0.717, 1.165) is 35.9 Å². The van der Waals surface area contributed by atoms with Crippen LogP contribution in [-0.4, -0.2) is 66.9 Å². The number of ether oxygens (including phenoxy) is 1. The van der Waals surface area contributed by atoms with Crippen molar-refractivity contribution in [2.75, 3.05) is 39.0 Å². The Morgan fingerprint density at radius 1 is 1.45 bits per heavy atom. The third kappa shape index (κ3) is 3.13. The minimum atomic E-state index is 0.0824. The number of carbonyl (C=O) groups is 1. The van der Waals surface area contributed by atoms with E-state index in [1.807, 2.05) is 17.0 Å². The number of hydrogen-bond acceptors (Lipinski definition) is 4. The first-order valence-corrected chi connectivity index (χ1v) is 9.00. The molecule has 4 nitrogen and oxygen atoms in total. The summed E-state index contributed by atoms with van der Waals surface area (Å²) in [7, 11) is 2.11. The summed E-state index contributed by atoms with van der Waals surface area (Å²) in [6, 6.07) is 5.83. The zero-order valence-corrected chi connectivity index (χ0v) is 14.5. The number of likely N-dealkylation sites (tertiary alicyclic amines) is 1. The normalized spacial score (nSPS) is 25.3. The van der Waals surface area contributed by atoms with Crippen molar-refractivity contribution >= 4 is 29.3 Å². The fourth-order valence-corrected chi connectivity index (χ4v) is 4.21. The molecule has 0 saturated carbocycles. The Kier molecular flexibility index (Phi) is 4.97. The highest BCUT2D eigenvalue weighted by Crippen LogP contribution is 2.29. The number of rotatable bonds is 3. The monoisotopic (exact) mass is 340 g/mol. The Morgan fingerprint density at radius 3 is 3.00 bits per heavy atom. The van der Waals surface area contributed by atoms with Gasteiger partial charge in [0.2, 0.25) is 0 Å². The number of carbonyl (C=O) groups excluding carboxylic acids is 1. The van der Waals surface area contributed by atoms with E-state index in [2.05, 4.69) is 18.9 Å². The molecule has 6 heteroatoms. The number of thioether (sulfide) groups is 1. The molecule has 0 radical (unpaired) electrons. The van der Waals surface area contributed by atoms with Crippen LogP contribution in [0, 0.1) is 0 Å². The molecule has 1 aromatic carbocycles. The zero-order valence-electron chi connectivity index (χ0n) is 12.9. The van der Waals surface area contributed by atoms with Crippen molar-refractivity contribution in [2.45, 2.75) is 24.0 Å². The van der Waals surface area contributed by atoms with Gasteiger partial charge in [-0.25, -0.2) is 0 Å². The summed E-state index contributed by atoms with van der Waals surface area (Å²) in [5.74, 6) is 0.997. The molecule has 2 aliphatic rings. The van der Waals surface area contributed by atoms with Crippen LogP contribution < -0.4 is 0 Å². The SMILES string of the molecule is CCSc1cc(Cl)ccc1C(=O)N1CC2OCCN(C)C2C1. The molecule has 2 heterocycles. The molecule has 0 aliphatic carbocycles. The van der Waals surface area contributed by atoms with Crippen LogP contribution in [-0.2, 0) is 4.74 Å². The Hall–Kier alpha value is -0.750. The average molecular weight is 341 g/mol. The quantitative estimate of drug-likeness (QED) is 0.792. The summed E-state index contributed by atoms with van der Waals surface area (Å²) >= 11 is 7.73. The Balaban J connectivity index is 1.80. The lowest BCUT2D eigenvalue weighted by Crippen LogP contribution is -2.48. The summed E-state index contributed by atoms with van der Waals surface area (Å²) in [6.45, 7) is 5.16. The maximum Gasteiger partial charge on any atom is 0.255 e. The van der Waals surface area contributed by atoms with Gasteiger partial charge < -0.3 is 9.64 Å². The van der Waals surface area contributed by atoms with Crippen LogP contribution in [0.25, 0.3) is 0 Å². The molecule has 2 saturated heterocycles. The molecule has 0 N–H and O–H groups in total. The van der Waals surface area contributed by atoms with Crippen LogP contribution in [0.15, 0.2) is 23.1 Å². The first-order chi connectivity index (χ1) is 10.6. The summed E-state index contributed by atoms with van der Waals surface area (Å²) in [4.78, 5) is 18.1. The molecule has 3 rings (SSSR count). The lowest BCUT2D eigenvalue weighted by Gasteiger charge is -2.33. The third-order valence-corrected chi connectivity index (χ3v) is 5.51. The van der Waals surface area contributed by atoms with Crippen LogP contribution >= 0.6 is 23.4 Å². The zero-order chi connectivity index (χ0) is 15.7. The molecule has 2 aliphatic heterocycles. The lowest BCUT2D eigenvalue weighted by atomic mass is 10.1. The smallest absolute Gasteiger partial charge is 0.255 e. The predicted molar refractivity (Wildman–Crippen MR) is 89.9 cm³/mol. The van der Waals surface area contributed by atoms with Crippen molar-refractivity contribution in [2.24, 2.45) is 0 Å². The van der Waals surface area contributed by atoms with E-state index in [9.17, 15) is 4.79 Å². The fourth-order valence-electron chi connectivity index (χ4n) is 3.14. The van der Waals surface area contributed by atoms with Gasteiger partial charge in [-0.05, 0) is 31.0 Å². The predicted octanol–water partition coefficient (Wildman–Crippen LogP) is 2.61. The van der Waals surface area contributed by atoms with Crippen LogP contribution in [0.1, 0.15) is 17.3 Å². The number of amides is 1. The third-order valence-electron chi connectivity index (χ3n) is 4.34. The number of morpholine rings is 1. The van der Waals surface area contributed by atoms with Crippen LogP contribution in [0.4, 0.5) is 0 Å². The molecule has 22 heavy (non-hydrogen) atoms. The number of nitrogens with zero attached hydrogens (tertiary/aromatic N) is 2. The van der Waals surface area contributed by atoms with E-state index in [0.29, 0.717) is 17.6 Å². The molecule has 2 unspecified atom stereocenters. The van der Waals surface area contributed by atoms with E-state index in [-0.39, 0.29) is 12.0 Å². The highest BCUT2D eigenvalue weighted by atomic mass is 35.5. The van der Waals surface area contributed by atoms with Gasteiger partial charge in [0.25, 0.3) is 5.91 Å². The summed E-state index contributed by atoms with van der Waals surface area (Å²) in [5.41, 5.74) is 0.748. The second-order valence-electron chi connectivity index (χ2n) is 5.74. The average Bonchev–Trinajstić information content (AvgIpc) is 2.93. The van der Waals surface area contributed by atoms with Gasteiger partial charge in [0.1, 0.15) is 0 Å². The van der Waals surface area contributed by atoms with Gasteiger partial charge in [-0.1, -0.05) is 18.5 Å². The van der Waals surface area contributed by atoms with E-state index in [1.54, 1.807) is 17.8 Å². The van der Waals surface area contributed by atoms with Gasteiger partial charge >= 0.3 is 0 Å². The molecule has 1 amide bonds. The number of benzene rings is 1. The Labute approximate surface area is 140 Å². The van der Waals surface area contributed by atoms with E-state index in [4.69, 9.17) is 16.3 Å². The second-order valence-corrected chi connectivity index (χ2v) is 7.48. The van der Waals surface area contributed by atoms with Gasteiger partial charge in [-0.3, -0.25) is 9.69 Å². The minimum absolute atomic E-state index is 0.0824. The molecule has 2 fully saturated rings. The topological polar surface area (TPSA) is 32.8 Å². The van der Waals surface area contributed by atoms with Gasteiger partial charge in [0.05, 0.1) is 24.3 Å². The maximum absolute atomic E-state index is 12.9. The Morgan fingerprint density at radius 2 is 2.27 bits per heavy atom. The van der Waals surface area contributed by atoms with E-state index in [1.165, 1.54) is 0 Å². The van der Waals surface area contributed by atoms with Crippen molar-refractivity contribution in [1.29, 1.82) is 0 Å². The molecule has 120 valence electrons. The number of likely N-dealkylation sites (N-methyl/N-ethyl adjacent to an activating group) is 1. The highest BCUT2D eigenvalue weighted by molar-refractivity contribution is 7.99. The van der Waals surface area contributed by atoms with Crippen LogP contribution in [0.5, 0.6) is 0 Å². The van der Waals surface area contributed by atoms with Crippen molar-refractivity contribution in [3.05, 3.63) is 28.8 Å². The largest absolute Gasteiger partial charge is 0.373 e. The maximum atomic E-state index is 12.9. The molecular weight excluding hydrogens is 320 g/mol. The van der Waals surface area contributed by atoms with Crippen LogP contribution in [0.2, 0.25) is 5.02 Å². The summed E-state index contributed by atoms with van der Waals surface area (Å²) in [6.07, 6.45) is 0.136. The van der Waals surface area contributed by atoms with Gasteiger partial charge in [0, 0.05) is 29.6 Å². The number of hydrogen-bond donors (Lipinski definition) is 0. The number of halogens is 1. The molecule has 2 atom stereocenters. The fraction of sp³-hybridized carbons (Fsp3) is 0.562. The minimum Gasteiger partial charge on any atom is -0.373 e. The van der Waals surface area contributed by atoms with Gasteiger partial charge in [0.15, 0.2) is 0 Å². The van der Waals surface area contributed by atoms with Crippen molar-refractivity contribution in [1.82, 2.24) is 9.80 Å². The van der Waals surface area contributed by atoms with E-state index >= 15 is 0 Å². The molecule has 0 bridgehead atoms. The van der Waals surface area contributed by atoms with Crippen LogP contribution in [0.3, 0.4) is 0 Å². The Bertz CT molecular complexity index is 569. The lowest BCUT2D eigenvalue weighted by molar-refractivity contribution is -0.0368. The van der Waals surface area contributed by atoms with E-state index < -0.39 is 0 Å². The van der Waals surface area contributed by atoms with Crippen molar-refractivity contribution in [3.63, 3.8) is 0 Å². The standard InChI is InChI=1S/C16H21ClN2O2S/c1-3-22-15-8-11(17)4-5-12(15)16(20)19-9-13-14(10-19)21-7-6-18(13)2/h4-5,8,13-14H,3,6-7,9-10H2,1-2H3. The second kappa shape index (κ2) is 6.79. The first-order valence-electron chi connectivity index (χ1n) is 7.63. The summed E-state index contributed by atoms with van der Waals surface area (Å²) in [5, 5.41) is 0.672. The molecule has 0 spiro atoms. The molecule has 0 aromatic heterocycles.